The van der Waals surface area contributed by atoms with Crippen molar-refractivity contribution < 1.29 is 9.59 Å². The van der Waals surface area contributed by atoms with E-state index in [0.29, 0.717) is 12.1 Å². The second kappa shape index (κ2) is 10.6. The standard InChI is InChI=1S/C23H22N2O2S2/c1-17-8-5-6-12-20(17)22(26)25-21(16-19-11-7-14-28-19)23(27)24-13-15-29-18-9-3-2-4-10-18/h2-12,14,16H,13,15H2,1H3,(H,24,27)(H,25,26)/b21-16-. The summed E-state index contributed by atoms with van der Waals surface area (Å²) in [6.07, 6.45) is 1.71. The van der Waals surface area contributed by atoms with Gasteiger partial charge < -0.3 is 10.6 Å². The summed E-state index contributed by atoms with van der Waals surface area (Å²) in [5, 5.41) is 7.61. The first-order valence-corrected chi connectivity index (χ1v) is 11.1. The number of rotatable bonds is 8. The number of carbonyl (C=O) groups excluding carboxylic acids is 2. The zero-order chi connectivity index (χ0) is 20.5. The number of hydrogen-bond acceptors (Lipinski definition) is 4. The lowest BCUT2D eigenvalue weighted by molar-refractivity contribution is -0.117. The fourth-order valence-corrected chi connectivity index (χ4v) is 4.08. The van der Waals surface area contributed by atoms with Gasteiger partial charge in [-0.15, -0.1) is 23.1 Å². The van der Waals surface area contributed by atoms with Gasteiger partial charge in [0.25, 0.3) is 11.8 Å². The average molecular weight is 423 g/mol. The Hall–Kier alpha value is -2.83. The molecule has 4 nitrogen and oxygen atoms in total. The zero-order valence-corrected chi connectivity index (χ0v) is 17.7. The molecule has 0 bridgehead atoms. The first kappa shape index (κ1) is 20.9. The number of nitrogens with one attached hydrogen (secondary N) is 2. The molecule has 2 amide bonds. The molecule has 0 spiro atoms. The topological polar surface area (TPSA) is 58.2 Å². The summed E-state index contributed by atoms with van der Waals surface area (Å²) in [6, 6.07) is 21.2. The van der Waals surface area contributed by atoms with E-state index in [1.807, 2.05) is 73.0 Å². The maximum absolute atomic E-state index is 12.7. The van der Waals surface area contributed by atoms with E-state index in [0.717, 1.165) is 21.1 Å². The maximum Gasteiger partial charge on any atom is 0.267 e. The van der Waals surface area contributed by atoms with Gasteiger partial charge in [-0.25, -0.2) is 0 Å². The highest BCUT2D eigenvalue weighted by Crippen LogP contribution is 2.16. The van der Waals surface area contributed by atoms with Crippen molar-refractivity contribution in [3.8, 4) is 0 Å². The van der Waals surface area contributed by atoms with Gasteiger partial charge in [0.1, 0.15) is 5.70 Å². The monoisotopic (exact) mass is 422 g/mol. The Bertz CT molecular complexity index is 983. The first-order chi connectivity index (χ1) is 14.1. The molecule has 1 heterocycles. The summed E-state index contributed by atoms with van der Waals surface area (Å²) in [5.74, 6) is 0.155. The van der Waals surface area contributed by atoms with Crippen molar-refractivity contribution in [2.45, 2.75) is 11.8 Å². The summed E-state index contributed by atoms with van der Waals surface area (Å²) in [6.45, 7) is 2.37. The van der Waals surface area contributed by atoms with E-state index in [9.17, 15) is 9.59 Å². The third-order valence-electron chi connectivity index (χ3n) is 4.11. The Morgan fingerprint density at radius 1 is 1.00 bits per heavy atom. The van der Waals surface area contributed by atoms with Crippen LogP contribution in [0.2, 0.25) is 0 Å². The normalized spacial score (nSPS) is 11.1. The molecule has 0 saturated carbocycles. The van der Waals surface area contributed by atoms with Gasteiger partial charge >= 0.3 is 0 Å². The molecule has 0 saturated heterocycles. The summed E-state index contributed by atoms with van der Waals surface area (Å²) >= 11 is 3.18. The van der Waals surface area contributed by atoms with Crippen LogP contribution < -0.4 is 10.6 Å². The van der Waals surface area contributed by atoms with Crippen LogP contribution in [-0.4, -0.2) is 24.1 Å². The van der Waals surface area contributed by atoms with Crippen LogP contribution in [0.5, 0.6) is 0 Å². The number of hydrogen-bond donors (Lipinski definition) is 2. The van der Waals surface area contributed by atoms with Crippen LogP contribution in [0, 0.1) is 6.92 Å². The molecule has 0 aliphatic heterocycles. The summed E-state index contributed by atoms with van der Waals surface area (Å²) in [4.78, 5) is 27.5. The minimum absolute atomic E-state index is 0.241. The van der Waals surface area contributed by atoms with Crippen LogP contribution in [0.15, 0.2) is 82.7 Å². The Labute approximate surface area is 179 Å². The van der Waals surface area contributed by atoms with Crippen molar-refractivity contribution in [2.24, 2.45) is 0 Å². The van der Waals surface area contributed by atoms with Crippen LogP contribution in [0.4, 0.5) is 0 Å². The first-order valence-electron chi connectivity index (χ1n) is 9.22. The largest absolute Gasteiger partial charge is 0.350 e. The van der Waals surface area contributed by atoms with Gasteiger partial charge in [0.15, 0.2) is 0 Å². The van der Waals surface area contributed by atoms with E-state index >= 15 is 0 Å². The summed E-state index contributed by atoms with van der Waals surface area (Å²) in [5.41, 5.74) is 1.66. The Kier molecular flexibility index (Phi) is 7.67. The fourth-order valence-electron chi connectivity index (χ4n) is 2.64. The lowest BCUT2D eigenvalue weighted by Crippen LogP contribution is -2.36. The number of aryl methyl sites for hydroxylation is 1. The van der Waals surface area contributed by atoms with Crippen molar-refractivity contribution in [3.05, 3.63) is 93.8 Å². The zero-order valence-electron chi connectivity index (χ0n) is 16.1. The Morgan fingerprint density at radius 3 is 2.48 bits per heavy atom. The van der Waals surface area contributed by atoms with Gasteiger partial charge in [0.05, 0.1) is 0 Å². The highest BCUT2D eigenvalue weighted by Gasteiger charge is 2.15. The SMILES string of the molecule is Cc1ccccc1C(=O)N/C(=C\c1cccs1)C(=O)NCCSc1ccccc1. The van der Waals surface area contributed by atoms with Gasteiger partial charge in [-0.2, -0.15) is 0 Å². The number of thioether (sulfide) groups is 1. The van der Waals surface area contributed by atoms with Crippen molar-refractivity contribution in [1.82, 2.24) is 10.6 Å². The molecule has 1 aromatic heterocycles. The maximum atomic E-state index is 12.7. The third-order valence-corrected chi connectivity index (χ3v) is 5.94. The molecule has 29 heavy (non-hydrogen) atoms. The van der Waals surface area contributed by atoms with E-state index in [-0.39, 0.29) is 17.5 Å². The third kappa shape index (κ3) is 6.34. The van der Waals surface area contributed by atoms with Gasteiger partial charge in [-0.3, -0.25) is 9.59 Å². The molecule has 6 heteroatoms. The molecule has 148 valence electrons. The minimum Gasteiger partial charge on any atom is -0.350 e. The number of carbonyl (C=O) groups is 2. The Balaban J connectivity index is 1.64. The molecule has 3 aromatic rings. The van der Waals surface area contributed by atoms with E-state index in [1.54, 1.807) is 23.9 Å². The second-order valence-corrected chi connectivity index (χ2v) is 8.41. The fraction of sp³-hybridized carbons (Fsp3) is 0.130. The molecule has 0 radical (unpaired) electrons. The number of amides is 2. The van der Waals surface area contributed by atoms with Crippen LogP contribution in [0.25, 0.3) is 6.08 Å². The van der Waals surface area contributed by atoms with E-state index in [1.165, 1.54) is 11.3 Å². The van der Waals surface area contributed by atoms with Crippen LogP contribution in [0.3, 0.4) is 0 Å². The van der Waals surface area contributed by atoms with E-state index < -0.39 is 0 Å². The lowest BCUT2D eigenvalue weighted by Gasteiger charge is -2.12. The molecular weight excluding hydrogens is 400 g/mol. The molecule has 0 unspecified atom stereocenters. The highest BCUT2D eigenvalue weighted by molar-refractivity contribution is 7.99. The highest BCUT2D eigenvalue weighted by atomic mass is 32.2. The lowest BCUT2D eigenvalue weighted by atomic mass is 10.1. The van der Waals surface area contributed by atoms with Gasteiger partial charge in [-0.1, -0.05) is 42.5 Å². The number of thiophene rings is 1. The minimum atomic E-state index is -0.297. The average Bonchev–Trinajstić information content (AvgIpc) is 3.25. The van der Waals surface area contributed by atoms with Crippen molar-refractivity contribution in [2.75, 3.05) is 12.3 Å². The molecule has 0 fully saturated rings. The summed E-state index contributed by atoms with van der Waals surface area (Å²) in [7, 11) is 0. The summed E-state index contributed by atoms with van der Waals surface area (Å²) < 4.78 is 0. The van der Waals surface area contributed by atoms with Crippen molar-refractivity contribution in [3.63, 3.8) is 0 Å². The molecular formula is C23H22N2O2S2. The number of benzene rings is 2. The van der Waals surface area contributed by atoms with Crippen LogP contribution >= 0.6 is 23.1 Å². The smallest absolute Gasteiger partial charge is 0.267 e. The van der Waals surface area contributed by atoms with Gasteiger partial charge in [0, 0.05) is 27.6 Å². The van der Waals surface area contributed by atoms with Gasteiger partial charge in [0.2, 0.25) is 0 Å². The molecule has 0 atom stereocenters. The second-order valence-electron chi connectivity index (χ2n) is 6.26. The predicted octanol–water partition coefficient (Wildman–Crippen LogP) is 4.74. The van der Waals surface area contributed by atoms with Crippen molar-refractivity contribution in [1.29, 1.82) is 0 Å². The van der Waals surface area contributed by atoms with Crippen LogP contribution in [0.1, 0.15) is 20.8 Å². The molecule has 3 rings (SSSR count). The molecule has 2 aromatic carbocycles. The molecule has 0 aliphatic carbocycles. The molecule has 2 N–H and O–H groups in total. The predicted molar refractivity (Wildman–Crippen MR) is 121 cm³/mol. The van der Waals surface area contributed by atoms with Crippen molar-refractivity contribution >= 4 is 41.0 Å². The van der Waals surface area contributed by atoms with Gasteiger partial charge in [-0.05, 0) is 48.2 Å². The quantitative estimate of drug-likeness (QED) is 0.313. The van der Waals surface area contributed by atoms with E-state index in [2.05, 4.69) is 10.6 Å². The van der Waals surface area contributed by atoms with Crippen LogP contribution in [-0.2, 0) is 4.79 Å². The van der Waals surface area contributed by atoms with E-state index in [4.69, 9.17) is 0 Å². The molecule has 0 aliphatic rings. The Morgan fingerprint density at radius 2 is 1.76 bits per heavy atom.